The lowest BCUT2D eigenvalue weighted by Crippen LogP contribution is -2.35. The van der Waals surface area contributed by atoms with Crippen LogP contribution in [0.5, 0.6) is 5.88 Å². The number of ether oxygens (including phenoxy) is 1. The van der Waals surface area contributed by atoms with Gasteiger partial charge in [-0.25, -0.2) is 4.98 Å². The van der Waals surface area contributed by atoms with Gasteiger partial charge in [-0.15, -0.1) is 10.2 Å². The van der Waals surface area contributed by atoms with Gasteiger partial charge in [-0.05, 0) is 75.5 Å². The molecule has 0 N–H and O–H groups in total. The molecule has 0 radical (unpaired) electrons. The van der Waals surface area contributed by atoms with Crippen LogP contribution in [0.2, 0.25) is 5.02 Å². The third kappa shape index (κ3) is 4.26. The Bertz CT molecular complexity index is 1060. The van der Waals surface area contributed by atoms with Crippen molar-refractivity contribution in [3.05, 3.63) is 64.8 Å². The summed E-state index contributed by atoms with van der Waals surface area (Å²) < 4.78 is 8.42. The molecular formula is C25H30ClN5O. The molecule has 32 heavy (non-hydrogen) atoms. The van der Waals surface area contributed by atoms with Crippen molar-refractivity contribution in [1.82, 2.24) is 24.6 Å². The van der Waals surface area contributed by atoms with Crippen LogP contribution in [0.3, 0.4) is 0 Å². The number of fused-ring (bicyclic) bond motifs is 3. The van der Waals surface area contributed by atoms with Crippen molar-refractivity contribution < 1.29 is 4.74 Å². The first-order valence-corrected chi connectivity index (χ1v) is 12.0. The average Bonchev–Trinajstić information content (AvgIpc) is 3.15. The summed E-state index contributed by atoms with van der Waals surface area (Å²) in [6, 6.07) is 12.4. The lowest BCUT2D eigenvalue weighted by molar-refractivity contribution is 0.139. The Hall–Kier alpha value is -2.44. The van der Waals surface area contributed by atoms with Gasteiger partial charge in [0, 0.05) is 35.7 Å². The van der Waals surface area contributed by atoms with Gasteiger partial charge in [-0.3, -0.25) is 4.57 Å². The highest BCUT2D eigenvalue weighted by molar-refractivity contribution is 6.30. The van der Waals surface area contributed by atoms with Crippen LogP contribution in [-0.4, -0.2) is 50.4 Å². The van der Waals surface area contributed by atoms with E-state index in [4.69, 9.17) is 21.4 Å². The average molecular weight is 452 g/mol. The molecule has 1 atom stereocenters. The summed E-state index contributed by atoms with van der Waals surface area (Å²) in [5.41, 5.74) is 2.46. The van der Waals surface area contributed by atoms with Gasteiger partial charge in [0.2, 0.25) is 5.88 Å². The van der Waals surface area contributed by atoms with Crippen LogP contribution in [0.4, 0.5) is 0 Å². The van der Waals surface area contributed by atoms with Gasteiger partial charge in [0.25, 0.3) is 0 Å². The highest BCUT2D eigenvalue weighted by Crippen LogP contribution is 2.37. The predicted octanol–water partition coefficient (Wildman–Crippen LogP) is 4.84. The SMILES string of the molecule is CCN(C)[C@H]1Cc2cc(Cl)ccc2-n2c(nnc2[C@H]2CC[C@H](Oc3ccccn3)CC2)C1. The number of aromatic nitrogens is 4. The molecule has 7 heteroatoms. The van der Waals surface area contributed by atoms with Crippen LogP contribution in [0.25, 0.3) is 5.69 Å². The first-order chi connectivity index (χ1) is 15.6. The van der Waals surface area contributed by atoms with Crippen molar-refractivity contribution in [2.45, 2.75) is 63.5 Å². The van der Waals surface area contributed by atoms with Crippen molar-refractivity contribution >= 4 is 11.6 Å². The molecule has 2 aliphatic rings. The molecule has 1 aliphatic carbocycles. The zero-order chi connectivity index (χ0) is 22.1. The fraction of sp³-hybridized carbons (Fsp3) is 0.480. The zero-order valence-electron chi connectivity index (χ0n) is 18.7. The van der Waals surface area contributed by atoms with Gasteiger partial charge in [-0.2, -0.15) is 0 Å². The van der Waals surface area contributed by atoms with E-state index in [2.05, 4.69) is 45.7 Å². The quantitative estimate of drug-likeness (QED) is 0.555. The number of likely N-dealkylation sites (N-methyl/N-ethyl adjacent to an activating group) is 1. The van der Waals surface area contributed by atoms with E-state index in [1.165, 1.54) is 11.3 Å². The number of hydrogen-bond donors (Lipinski definition) is 0. The maximum Gasteiger partial charge on any atom is 0.213 e. The molecule has 5 rings (SSSR count). The molecule has 1 saturated carbocycles. The van der Waals surface area contributed by atoms with Crippen molar-refractivity contribution in [3.63, 3.8) is 0 Å². The van der Waals surface area contributed by atoms with Crippen LogP contribution < -0.4 is 4.74 Å². The predicted molar refractivity (Wildman–Crippen MR) is 126 cm³/mol. The molecule has 3 heterocycles. The molecule has 0 bridgehead atoms. The molecule has 1 fully saturated rings. The number of nitrogens with zero attached hydrogens (tertiary/aromatic N) is 5. The molecule has 1 aliphatic heterocycles. The smallest absolute Gasteiger partial charge is 0.213 e. The first-order valence-electron chi connectivity index (χ1n) is 11.6. The van der Waals surface area contributed by atoms with Crippen LogP contribution in [-0.2, 0) is 12.8 Å². The van der Waals surface area contributed by atoms with E-state index in [1.807, 2.05) is 24.3 Å². The molecule has 0 unspecified atom stereocenters. The Morgan fingerprint density at radius 2 is 1.94 bits per heavy atom. The van der Waals surface area contributed by atoms with Gasteiger partial charge in [0.1, 0.15) is 17.8 Å². The largest absolute Gasteiger partial charge is 0.474 e. The fourth-order valence-corrected chi connectivity index (χ4v) is 5.25. The Morgan fingerprint density at radius 1 is 1.09 bits per heavy atom. The van der Waals surface area contributed by atoms with Gasteiger partial charge in [0.15, 0.2) is 0 Å². The van der Waals surface area contributed by atoms with Crippen LogP contribution >= 0.6 is 11.6 Å². The lowest BCUT2D eigenvalue weighted by atomic mass is 9.86. The second-order valence-corrected chi connectivity index (χ2v) is 9.41. The molecule has 168 valence electrons. The van der Waals surface area contributed by atoms with Gasteiger partial charge < -0.3 is 9.64 Å². The second-order valence-electron chi connectivity index (χ2n) is 8.98. The third-order valence-electron chi connectivity index (χ3n) is 7.00. The van der Waals surface area contributed by atoms with E-state index in [1.54, 1.807) is 6.20 Å². The molecule has 2 aromatic heterocycles. The van der Waals surface area contributed by atoms with E-state index >= 15 is 0 Å². The van der Waals surface area contributed by atoms with E-state index in [-0.39, 0.29) is 6.10 Å². The summed E-state index contributed by atoms with van der Waals surface area (Å²) in [5, 5.41) is 10.2. The van der Waals surface area contributed by atoms with Crippen molar-refractivity contribution in [2.24, 2.45) is 0 Å². The van der Waals surface area contributed by atoms with Crippen molar-refractivity contribution in [1.29, 1.82) is 0 Å². The van der Waals surface area contributed by atoms with Gasteiger partial charge >= 0.3 is 0 Å². The van der Waals surface area contributed by atoms with Crippen LogP contribution in [0.1, 0.15) is 55.7 Å². The number of halogens is 1. The van der Waals surface area contributed by atoms with Crippen LogP contribution in [0.15, 0.2) is 42.6 Å². The number of pyridine rings is 1. The molecule has 6 nitrogen and oxygen atoms in total. The van der Waals surface area contributed by atoms with E-state index in [0.29, 0.717) is 17.8 Å². The number of hydrogen-bond acceptors (Lipinski definition) is 5. The minimum atomic E-state index is 0.210. The Morgan fingerprint density at radius 3 is 2.69 bits per heavy atom. The Labute approximate surface area is 194 Å². The van der Waals surface area contributed by atoms with E-state index in [0.717, 1.165) is 61.7 Å². The monoisotopic (exact) mass is 451 g/mol. The minimum Gasteiger partial charge on any atom is -0.474 e. The Balaban J connectivity index is 1.40. The standard InChI is InChI=1S/C25H30ClN5O/c1-3-30(2)20-15-18-14-19(26)9-12-22(18)31-23(16-20)28-29-25(31)17-7-10-21(11-8-17)32-24-6-4-5-13-27-24/h4-6,9,12-14,17,20-21H,3,7-8,10-11,15-16H2,1-2H3/t17-,20-,21-/m0/s1. The van der Waals surface area contributed by atoms with Crippen molar-refractivity contribution in [2.75, 3.05) is 13.6 Å². The maximum atomic E-state index is 6.39. The van der Waals surface area contributed by atoms with Crippen molar-refractivity contribution in [3.8, 4) is 11.6 Å². The third-order valence-corrected chi connectivity index (χ3v) is 7.23. The van der Waals surface area contributed by atoms with Gasteiger partial charge in [-0.1, -0.05) is 24.6 Å². The summed E-state index contributed by atoms with van der Waals surface area (Å²) in [4.78, 5) is 6.70. The molecule has 0 spiro atoms. The summed E-state index contributed by atoms with van der Waals surface area (Å²) in [7, 11) is 2.19. The molecule has 1 aromatic carbocycles. The van der Waals surface area contributed by atoms with E-state index in [9.17, 15) is 0 Å². The van der Waals surface area contributed by atoms with E-state index < -0.39 is 0 Å². The highest BCUT2D eigenvalue weighted by Gasteiger charge is 2.32. The zero-order valence-corrected chi connectivity index (χ0v) is 19.5. The summed E-state index contributed by atoms with van der Waals surface area (Å²) in [5.74, 6) is 3.23. The number of rotatable bonds is 5. The molecule has 0 saturated heterocycles. The molecular weight excluding hydrogens is 422 g/mol. The summed E-state index contributed by atoms with van der Waals surface area (Å²) in [6.45, 7) is 3.20. The topological polar surface area (TPSA) is 56.1 Å². The normalized spacial score (nSPS) is 22.8. The summed E-state index contributed by atoms with van der Waals surface area (Å²) in [6.07, 6.45) is 7.92. The number of benzene rings is 1. The summed E-state index contributed by atoms with van der Waals surface area (Å²) >= 11 is 6.39. The highest BCUT2D eigenvalue weighted by atomic mass is 35.5. The molecule has 0 amide bonds. The first kappa shape index (κ1) is 21.4. The van der Waals surface area contributed by atoms with Gasteiger partial charge in [0.05, 0.1) is 5.69 Å². The minimum absolute atomic E-state index is 0.210. The van der Waals surface area contributed by atoms with Crippen LogP contribution in [0, 0.1) is 0 Å². The lowest BCUT2D eigenvalue weighted by Gasteiger charge is -2.28. The second kappa shape index (κ2) is 9.20. The fourth-order valence-electron chi connectivity index (χ4n) is 5.06. The maximum absolute atomic E-state index is 6.39. The Kier molecular flexibility index (Phi) is 6.15. The molecule has 3 aromatic rings.